The van der Waals surface area contributed by atoms with E-state index < -0.39 is 28.5 Å². The Hall–Kier alpha value is -3.57. The van der Waals surface area contributed by atoms with Crippen LogP contribution in [0.1, 0.15) is 11.3 Å². The van der Waals surface area contributed by atoms with E-state index in [1.165, 1.54) is 36.4 Å². The van der Waals surface area contributed by atoms with Gasteiger partial charge in [0.2, 0.25) is 0 Å². The van der Waals surface area contributed by atoms with Crippen molar-refractivity contribution in [3.05, 3.63) is 82.3 Å². The van der Waals surface area contributed by atoms with Crippen molar-refractivity contribution in [2.24, 2.45) is 0 Å². The molecular weight excluding hydrogens is 424 g/mol. The minimum atomic E-state index is -4.63. The summed E-state index contributed by atoms with van der Waals surface area (Å²) in [5.74, 6) is -0.676. The van der Waals surface area contributed by atoms with Gasteiger partial charge in [0.15, 0.2) is 0 Å². The Balaban J connectivity index is 1.78. The third-order valence-electron chi connectivity index (χ3n) is 3.94. The number of halogens is 5. The second-order valence-electron chi connectivity index (χ2n) is 6.03. The monoisotopic (exact) mass is 434 g/mol. The van der Waals surface area contributed by atoms with Crippen LogP contribution < -0.4 is 5.32 Å². The van der Waals surface area contributed by atoms with Crippen molar-refractivity contribution >= 4 is 29.3 Å². The van der Waals surface area contributed by atoms with Gasteiger partial charge in [-0.25, -0.2) is 4.39 Å². The molecule has 9 heteroatoms. The molecule has 1 amide bonds. The SMILES string of the molecule is N#C/C(=C\c1ccc(-c2ccc(F)cc2)o1)C(=O)Nc1ccc(C(F)(F)F)c(Cl)c1. The molecule has 2 aromatic carbocycles. The molecule has 30 heavy (non-hydrogen) atoms. The van der Waals surface area contributed by atoms with E-state index in [1.807, 2.05) is 0 Å². The standard InChI is InChI=1S/C21H11ClF4N2O2/c22-18-10-15(5-7-17(18)21(24,25)26)28-20(29)13(11-27)9-16-6-8-19(30-16)12-1-3-14(23)4-2-12/h1-10H,(H,28,29)/b13-9+. The molecule has 1 heterocycles. The van der Waals surface area contributed by atoms with Crippen molar-refractivity contribution in [1.82, 2.24) is 0 Å². The van der Waals surface area contributed by atoms with Crippen LogP contribution in [-0.2, 0) is 11.0 Å². The third-order valence-corrected chi connectivity index (χ3v) is 4.25. The van der Waals surface area contributed by atoms with E-state index in [0.717, 1.165) is 18.2 Å². The van der Waals surface area contributed by atoms with Gasteiger partial charge >= 0.3 is 6.18 Å². The summed E-state index contributed by atoms with van der Waals surface area (Å²) in [5.41, 5.74) is -0.794. The molecule has 1 aromatic heterocycles. The molecule has 0 radical (unpaired) electrons. The second-order valence-corrected chi connectivity index (χ2v) is 6.43. The lowest BCUT2D eigenvalue weighted by Gasteiger charge is -2.10. The van der Waals surface area contributed by atoms with Crippen molar-refractivity contribution in [2.45, 2.75) is 6.18 Å². The number of carbonyl (C=O) groups is 1. The number of amides is 1. The molecular formula is C21H11ClF4N2O2. The van der Waals surface area contributed by atoms with Gasteiger partial charge < -0.3 is 9.73 Å². The summed E-state index contributed by atoms with van der Waals surface area (Å²) < 4.78 is 56.8. The first-order valence-corrected chi connectivity index (χ1v) is 8.71. The van der Waals surface area contributed by atoms with Crippen molar-refractivity contribution in [2.75, 3.05) is 5.32 Å². The molecule has 0 aliphatic carbocycles. The van der Waals surface area contributed by atoms with E-state index in [-0.39, 0.29) is 17.0 Å². The van der Waals surface area contributed by atoms with Crippen molar-refractivity contribution in [3.8, 4) is 17.4 Å². The highest BCUT2D eigenvalue weighted by Gasteiger charge is 2.33. The predicted molar refractivity (Wildman–Crippen MR) is 103 cm³/mol. The fourth-order valence-electron chi connectivity index (χ4n) is 2.51. The summed E-state index contributed by atoms with van der Waals surface area (Å²) in [6.07, 6.45) is -3.45. The Morgan fingerprint density at radius 2 is 1.80 bits per heavy atom. The van der Waals surface area contributed by atoms with E-state index in [1.54, 1.807) is 12.1 Å². The van der Waals surface area contributed by atoms with Crippen LogP contribution in [0.15, 0.2) is 64.6 Å². The Labute approximate surface area is 173 Å². The normalized spacial score (nSPS) is 11.8. The van der Waals surface area contributed by atoms with Gasteiger partial charge in [0, 0.05) is 17.3 Å². The lowest BCUT2D eigenvalue weighted by Crippen LogP contribution is -2.14. The van der Waals surface area contributed by atoms with E-state index >= 15 is 0 Å². The van der Waals surface area contributed by atoms with Gasteiger partial charge in [-0.15, -0.1) is 0 Å². The highest BCUT2D eigenvalue weighted by Crippen LogP contribution is 2.36. The first-order valence-electron chi connectivity index (χ1n) is 8.33. The minimum absolute atomic E-state index is 0.00871. The Morgan fingerprint density at radius 1 is 1.10 bits per heavy atom. The Morgan fingerprint density at radius 3 is 2.40 bits per heavy atom. The maximum atomic E-state index is 13.0. The molecule has 0 atom stereocenters. The summed E-state index contributed by atoms with van der Waals surface area (Å²) in [7, 11) is 0. The van der Waals surface area contributed by atoms with Gasteiger partial charge in [0.25, 0.3) is 5.91 Å². The lowest BCUT2D eigenvalue weighted by atomic mass is 10.1. The molecule has 0 fully saturated rings. The zero-order chi connectivity index (χ0) is 21.9. The fourth-order valence-corrected chi connectivity index (χ4v) is 2.80. The number of alkyl halides is 3. The molecule has 0 saturated carbocycles. The lowest BCUT2D eigenvalue weighted by molar-refractivity contribution is -0.137. The van der Waals surface area contributed by atoms with Gasteiger partial charge in [0.1, 0.15) is 29.0 Å². The molecule has 0 aliphatic rings. The van der Waals surface area contributed by atoms with Crippen molar-refractivity contribution in [3.63, 3.8) is 0 Å². The second kappa shape index (κ2) is 8.43. The third kappa shape index (κ3) is 4.88. The summed E-state index contributed by atoms with van der Waals surface area (Å²) in [6, 6.07) is 13.0. The molecule has 152 valence electrons. The van der Waals surface area contributed by atoms with Crippen molar-refractivity contribution < 1.29 is 26.8 Å². The largest absolute Gasteiger partial charge is 0.457 e. The van der Waals surface area contributed by atoms with Crippen LogP contribution >= 0.6 is 11.6 Å². The maximum absolute atomic E-state index is 13.0. The first kappa shape index (κ1) is 21.1. The number of hydrogen-bond donors (Lipinski definition) is 1. The molecule has 0 saturated heterocycles. The maximum Gasteiger partial charge on any atom is 0.417 e. The Kier molecular flexibility index (Phi) is 5.94. The van der Waals surface area contributed by atoms with Crippen LogP contribution in [0.4, 0.5) is 23.2 Å². The number of anilines is 1. The number of nitriles is 1. The van der Waals surface area contributed by atoms with Gasteiger partial charge in [-0.05, 0) is 54.6 Å². The van der Waals surface area contributed by atoms with E-state index in [9.17, 15) is 27.6 Å². The first-order chi connectivity index (χ1) is 14.2. The smallest absolute Gasteiger partial charge is 0.417 e. The highest BCUT2D eigenvalue weighted by molar-refractivity contribution is 6.31. The van der Waals surface area contributed by atoms with Gasteiger partial charge in [-0.1, -0.05) is 11.6 Å². The molecule has 4 nitrogen and oxygen atoms in total. The average Bonchev–Trinajstić information content (AvgIpc) is 3.14. The average molecular weight is 435 g/mol. The fraction of sp³-hybridized carbons (Fsp3) is 0.0476. The zero-order valence-electron chi connectivity index (χ0n) is 14.9. The van der Waals surface area contributed by atoms with Crippen molar-refractivity contribution in [1.29, 1.82) is 5.26 Å². The van der Waals surface area contributed by atoms with Crippen LogP contribution in [0, 0.1) is 17.1 Å². The minimum Gasteiger partial charge on any atom is -0.457 e. The Bertz CT molecular complexity index is 1160. The zero-order valence-corrected chi connectivity index (χ0v) is 15.7. The summed E-state index contributed by atoms with van der Waals surface area (Å²) in [4.78, 5) is 12.3. The van der Waals surface area contributed by atoms with E-state index in [0.29, 0.717) is 11.3 Å². The summed E-state index contributed by atoms with van der Waals surface area (Å²) in [6.45, 7) is 0. The molecule has 0 bridgehead atoms. The number of nitrogens with one attached hydrogen (secondary N) is 1. The summed E-state index contributed by atoms with van der Waals surface area (Å²) in [5, 5.41) is 11.0. The highest BCUT2D eigenvalue weighted by atomic mass is 35.5. The van der Waals surface area contributed by atoms with Crippen LogP contribution in [0.3, 0.4) is 0 Å². The van der Waals surface area contributed by atoms with Gasteiger partial charge in [-0.2, -0.15) is 18.4 Å². The molecule has 1 N–H and O–H groups in total. The number of hydrogen-bond acceptors (Lipinski definition) is 3. The quantitative estimate of drug-likeness (QED) is 0.297. The van der Waals surface area contributed by atoms with E-state index in [4.69, 9.17) is 16.0 Å². The molecule has 0 aliphatic heterocycles. The van der Waals surface area contributed by atoms with Crippen LogP contribution in [0.2, 0.25) is 5.02 Å². The molecule has 3 aromatic rings. The van der Waals surface area contributed by atoms with E-state index in [2.05, 4.69) is 5.32 Å². The number of nitrogens with zero attached hydrogens (tertiary/aromatic N) is 1. The summed E-state index contributed by atoms with van der Waals surface area (Å²) >= 11 is 5.62. The van der Waals surface area contributed by atoms with Crippen LogP contribution in [-0.4, -0.2) is 5.91 Å². The molecule has 3 rings (SSSR count). The van der Waals surface area contributed by atoms with Crippen LogP contribution in [0.5, 0.6) is 0 Å². The number of rotatable bonds is 4. The van der Waals surface area contributed by atoms with Gasteiger partial charge in [0.05, 0.1) is 10.6 Å². The van der Waals surface area contributed by atoms with Crippen LogP contribution in [0.25, 0.3) is 17.4 Å². The number of furan rings is 1. The van der Waals surface area contributed by atoms with Gasteiger partial charge in [-0.3, -0.25) is 4.79 Å². The predicted octanol–water partition coefficient (Wildman–Crippen LogP) is 6.30. The molecule has 0 unspecified atom stereocenters. The molecule has 0 spiro atoms. The number of carbonyl (C=O) groups excluding carboxylic acids is 1. The number of benzene rings is 2. The topological polar surface area (TPSA) is 66.0 Å².